The molecule has 0 aliphatic carbocycles. The van der Waals surface area contributed by atoms with Crippen molar-refractivity contribution in [3.63, 3.8) is 0 Å². The van der Waals surface area contributed by atoms with Gasteiger partial charge in [-0.25, -0.2) is 0 Å². The number of nitro benzene ring substituents is 1. The molecular formula is C19H19N3O6. The lowest BCUT2D eigenvalue weighted by Crippen LogP contribution is -2.23. The van der Waals surface area contributed by atoms with E-state index >= 15 is 0 Å². The molecule has 0 aromatic heterocycles. The zero-order chi connectivity index (χ0) is 20.5. The number of nitrogens with one attached hydrogen (secondary N) is 1. The lowest BCUT2D eigenvalue weighted by Gasteiger charge is -2.15. The van der Waals surface area contributed by atoms with Crippen molar-refractivity contribution in [2.24, 2.45) is 5.73 Å². The maximum Gasteiger partial charge on any atom is 0.306 e. The first kappa shape index (κ1) is 20.6. The summed E-state index contributed by atoms with van der Waals surface area (Å²) in [5, 5.41) is 13.2. The van der Waals surface area contributed by atoms with E-state index in [-0.39, 0.29) is 24.2 Å². The van der Waals surface area contributed by atoms with Crippen LogP contribution >= 0.6 is 0 Å². The van der Waals surface area contributed by atoms with Gasteiger partial charge in [0, 0.05) is 30.2 Å². The summed E-state index contributed by atoms with van der Waals surface area (Å²) >= 11 is 0. The average molecular weight is 385 g/mol. The van der Waals surface area contributed by atoms with E-state index in [0.29, 0.717) is 0 Å². The van der Waals surface area contributed by atoms with E-state index in [0.717, 1.165) is 5.56 Å². The van der Waals surface area contributed by atoms with Gasteiger partial charge in [0.2, 0.25) is 5.91 Å². The molecule has 2 amide bonds. The third-order valence-corrected chi connectivity index (χ3v) is 3.84. The highest BCUT2D eigenvalue weighted by atomic mass is 16.6. The number of nitro groups is 1. The summed E-state index contributed by atoms with van der Waals surface area (Å²) < 4.78 is 4.95. The predicted octanol–water partition coefficient (Wildman–Crippen LogP) is 2.13. The first-order chi connectivity index (χ1) is 13.3. The van der Waals surface area contributed by atoms with Crippen LogP contribution in [0.1, 0.15) is 24.3 Å². The Morgan fingerprint density at radius 3 is 2.43 bits per heavy atom. The molecule has 3 N–H and O–H groups in total. The molecule has 0 aliphatic rings. The van der Waals surface area contributed by atoms with Gasteiger partial charge in [0.05, 0.1) is 11.3 Å². The number of anilines is 1. The Hall–Kier alpha value is -3.75. The van der Waals surface area contributed by atoms with Crippen LogP contribution in [0, 0.1) is 10.1 Å². The molecule has 2 rings (SSSR count). The van der Waals surface area contributed by atoms with Gasteiger partial charge in [-0.3, -0.25) is 24.5 Å². The van der Waals surface area contributed by atoms with Gasteiger partial charge >= 0.3 is 5.97 Å². The molecule has 0 bridgehead atoms. The van der Waals surface area contributed by atoms with Crippen molar-refractivity contribution < 1.29 is 24.0 Å². The average Bonchev–Trinajstić information content (AvgIpc) is 2.66. The second-order valence-corrected chi connectivity index (χ2v) is 6.00. The summed E-state index contributed by atoms with van der Waals surface area (Å²) in [7, 11) is 0. The normalized spacial score (nSPS) is 11.3. The zero-order valence-electron chi connectivity index (χ0n) is 14.9. The molecule has 28 heavy (non-hydrogen) atoms. The maximum atomic E-state index is 12.1. The van der Waals surface area contributed by atoms with Gasteiger partial charge < -0.3 is 15.8 Å². The lowest BCUT2D eigenvalue weighted by atomic mass is 9.92. The quantitative estimate of drug-likeness (QED) is 0.385. The third kappa shape index (κ3) is 6.52. The summed E-state index contributed by atoms with van der Waals surface area (Å²) in [6.45, 7) is -0.556. The van der Waals surface area contributed by atoms with E-state index in [4.69, 9.17) is 10.5 Å². The minimum absolute atomic E-state index is 0.0288. The van der Waals surface area contributed by atoms with Crippen molar-refractivity contribution in [1.29, 1.82) is 0 Å². The largest absolute Gasteiger partial charge is 0.456 e. The van der Waals surface area contributed by atoms with Crippen LogP contribution in [-0.4, -0.2) is 29.3 Å². The second-order valence-electron chi connectivity index (χ2n) is 6.00. The second kappa shape index (κ2) is 9.81. The fourth-order valence-corrected chi connectivity index (χ4v) is 2.58. The van der Waals surface area contributed by atoms with Crippen LogP contribution in [0.3, 0.4) is 0 Å². The molecule has 0 aliphatic heterocycles. The summed E-state index contributed by atoms with van der Waals surface area (Å²) in [5.41, 5.74) is 6.05. The summed E-state index contributed by atoms with van der Waals surface area (Å²) in [4.78, 5) is 45.4. The van der Waals surface area contributed by atoms with Gasteiger partial charge in [-0.1, -0.05) is 36.4 Å². The Labute approximate surface area is 160 Å². The molecule has 1 atom stereocenters. The Bertz CT molecular complexity index is 869. The number of nitrogens with two attached hydrogens (primary N) is 1. The number of carbonyl (C=O) groups excluding carboxylic acids is 3. The number of nitrogens with zero attached hydrogens (tertiary/aromatic N) is 1. The van der Waals surface area contributed by atoms with Crippen molar-refractivity contribution >= 4 is 29.2 Å². The molecule has 2 aromatic carbocycles. The topological polar surface area (TPSA) is 142 Å². The lowest BCUT2D eigenvalue weighted by molar-refractivity contribution is -0.384. The summed E-state index contributed by atoms with van der Waals surface area (Å²) in [6, 6.07) is 14.3. The fraction of sp³-hybridized carbons (Fsp3) is 0.211. The van der Waals surface area contributed by atoms with Crippen LogP contribution < -0.4 is 11.1 Å². The number of ether oxygens (including phenoxy) is 1. The van der Waals surface area contributed by atoms with Gasteiger partial charge in [-0.15, -0.1) is 0 Å². The number of amides is 2. The molecule has 0 spiro atoms. The van der Waals surface area contributed by atoms with Gasteiger partial charge in [0.15, 0.2) is 6.61 Å². The van der Waals surface area contributed by atoms with Crippen molar-refractivity contribution in [2.75, 3.05) is 11.9 Å². The maximum absolute atomic E-state index is 12.1. The van der Waals surface area contributed by atoms with Crippen LogP contribution in [0.4, 0.5) is 11.4 Å². The number of carbonyl (C=O) groups is 3. The number of rotatable bonds is 9. The highest BCUT2D eigenvalue weighted by molar-refractivity contribution is 5.93. The van der Waals surface area contributed by atoms with Crippen molar-refractivity contribution in [3.05, 3.63) is 70.3 Å². The number of benzene rings is 2. The number of hydrogen-bond donors (Lipinski definition) is 2. The van der Waals surface area contributed by atoms with Crippen LogP contribution in [-0.2, 0) is 19.1 Å². The molecule has 0 saturated heterocycles. The monoisotopic (exact) mass is 385 g/mol. The van der Waals surface area contributed by atoms with Gasteiger partial charge in [0.25, 0.3) is 11.6 Å². The number of primary amides is 1. The molecule has 9 heteroatoms. The Balaban J connectivity index is 1.89. The highest BCUT2D eigenvalue weighted by Gasteiger charge is 2.20. The Morgan fingerprint density at radius 1 is 1.07 bits per heavy atom. The van der Waals surface area contributed by atoms with Gasteiger partial charge in [-0.2, -0.15) is 0 Å². The molecule has 0 radical (unpaired) electrons. The van der Waals surface area contributed by atoms with E-state index in [1.165, 1.54) is 24.3 Å². The first-order valence-corrected chi connectivity index (χ1v) is 8.38. The third-order valence-electron chi connectivity index (χ3n) is 3.84. The molecular weight excluding hydrogens is 366 g/mol. The summed E-state index contributed by atoms with van der Waals surface area (Å²) in [6.07, 6.45) is -0.143. The molecule has 0 heterocycles. The SMILES string of the molecule is NC(=O)C[C@@H](CC(=O)OCC(=O)Nc1cccc([N+](=O)[O-])c1)c1ccccc1. The molecule has 2 aromatic rings. The van der Waals surface area contributed by atoms with E-state index in [2.05, 4.69) is 5.32 Å². The number of esters is 1. The van der Waals surface area contributed by atoms with Gasteiger partial charge in [-0.05, 0) is 11.6 Å². The number of hydrogen-bond acceptors (Lipinski definition) is 6. The Morgan fingerprint density at radius 2 is 1.79 bits per heavy atom. The minimum atomic E-state index is -0.663. The molecule has 0 unspecified atom stereocenters. The van der Waals surface area contributed by atoms with E-state index in [1.807, 2.05) is 0 Å². The molecule has 0 saturated carbocycles. The molecule has 9 nitrogen and oxygen atoms in total. The van der Waals surface area contributed by atoms with E-state index in [9.17, 15) is 24.5 Å². The first-order valence-electron chi connectivity index (χ1n) is 8.38. The smallest absolute Gasteiger partial charge is 0.306 e. The van der Waals surface area contributed by atoms with E-state index in [1.54, 1.807) is 30.3 Å². The van der Waals surface area contributed by atoms with Crippen molar-refractivity contribution in [2.45, 2.75) is 18.8 Å². The predicted molar refractivity (Wildman–Crippen MR) is 100 cm³/mol. The standard InChI is InChI=1S/C19H19N3O6/c20-17(23)9-14(13-5-2-1-3-6-13)10-19(25)28-12-18(24)21-15-7-4-8-16(11-15)22(26)27/h1-8,11,14H,9-10,12H2,(H2,20,23)(H,21,24)/t14-/m0/s1. The van der Waals surface area contributed by atoms with Crippen molar-refractivity contribution in [3.8, 4) is 0 Å². The van der Waals surface area contributed by atoms with Crippen LogP contribution in [0.15, 0.2) is 54.6 Å². The summed E-state index contributed by atoms with van der Waals surface area (Å²) in [5.74, 6) is -2.31. The fourth-order valence-electron chi connectivity index (χ4n) is 2.58. The zero-order valence-corrected chi connectivity index (χ0v) is 14.9. The van der Waals surface area contributed by atoms with Crippen LogP contribution in [0.5, 0.6) is 0 Å². The van der Waals surface area contributed by atoms with Crippen molar-refractivity contribution in [1.82, 2.24) is 0 Å². The van der Waals surface area contributed by atoms with Crippen LogP contribution in [0.25, 0.3) is 0 Å². The number of non-ortho nitro benzene ring substituents is 1. The van der Waals surface area contributed by atoms with Gasteiger partial charge in [0.1, 0.15) is 0 Å². The molecule has 0 fully saturated rings. The Kier molecular flexibility index (Phi) is 7.21. The minimum Gasteiger partial charge on any atom is -0.456 e. The van der Waals surface area contributed by atoms with E-state index < -0.39 is 35.2 Å². The van der Waals surface area contributed by atoms with Crippen LogP contribution in [0.2, 0.25) is 0 Å². The highest BCUT2D eigenvalue weighted by Crippen LogP contribution is 2.23. The molecule has 146 valence electrons.